The molecule has 0 saturated heterocycles. The van der Waals surface area contributed by atoms with Gasteiger partial charge in [-0.3, -0.25) is 0 Å². The van der Waals surface area contributed by atoms with Gasteiger partial charge in [-0.2, -0.15) is 0 Å². The van der Waals surface area contributed by atoms with Crippen molar-refractivity contribution in [3.05, 3.63) is 35.4 Å². The van der Waals surface area contributed by atoms with E-state index >= 15 is 0 Å². The Bertz CT molecular complexity index is 508. The first-order valence-corrected chi connectivity index (χ1v) is 9.14. The summed E-state index contributed by atoms with van der Waals surface area (Å²) < 4.78 is 10.6. The lowest BCUT2D eigenvalue weighted by Crippen LogP contribution is -2.18. The summed E-state index contributed by atoms with van der Waals surface area (Å²) in [5.74, 6) is -0.835. The molecule has 0 heterocycles. The van der Waals surface area contributed by atoms with Gasteiger partial charge in [-0.15, -0.1) is 0 Å². The van der Waals surface area contributed by atoms with Crippen LogP contribution in [0.4, 0.5) is 0 Å². The minimum Gasteiger partial charge on any atom is -0.462 e. The van der Waals surface area contributed by atoms with Crippen LogP contribution in [0.25, 0.3) is 0 Å². The van der Waals surface area contributed by atoms with E-state index in [9.17, 15) is 9.59 Å². The second-order valence-electron chi connectivity index (χ2n) is 6.68. The van der Waals surface area contributed by atoms with Gasteiger partial charge in [0.2, 0.25) is 0 Å². The molecule has 26 heavy (non-hydrogen) atoms. The van der Waals surface area contributed by atoms with E-state index in [-0.39, 0.29) is 49.4 Å². The van der Waals surface area contributed by atoms with Gasteiger partial charge in [0.1, 0.15) is 0 Å². The van der Waals surface area contributed by atoms with Gasteiger partial charge in [-0.25, -0.2) is 9.59 Å². The van der Waals surface area contributed by atoms with Gasteiger partial charge in [0, 0.05) is 13.2 Å². The summed E-state index contributed by atoms with van der Waals surface area (Å²) in [6.45, 7) is 4.59. The summed E-state index contributed by atoms with van der Waals surface area (Å²) >= 11 is 0. The van der Waals surface area contributed by atoms with Crippen LogP contribution >= 0.6 is 0 Å². The van der Waals surface area contributed by atoms with Crippen molar-refractivity contribution in [2.24, 2.45) is 11.8 Å². The molecule has 0 saturated carbocycles. The Kier molecular flexibility index (Phi) is 10.6. The molecule has 0 fully saturated rings. The molecule has 6 heteroatoms. The summed E-state index contributed by atoms with van der Waals surface area (Å²) in [4.78, 5) is 24.6. The molecule has 146 valence electrons. The highest BCUT2D eigenvalue weighted by Gasteiger charge is 2.20. The number of hydrogen-bond donors (Lipinski definition) is 2. The molecular weight excluding hydrogens is 336 g/mol. The first-order valence-electron chi connectivity index (χ1n) is 9.14. The first-order chi connectivity index (χ1) is 12.5. The molecule has 1 rings (SSSR count). The van der Waals surface area contributed by atoms with Crippen molar-refractivity contribution in [3.8, 4) is 0 Å². The predicted molar refractivity (Wildman–Crippen MR) is 98.0 cm³/mol. The van der Waals surface area contributed by atoms with Crippen molar-refractivity contribution in [1.29, 1.82) is 0 Å². The van der Waals surface area contributed by atoms with E-state index in [4.69, 9.17) is 19.7 Å². The zero-order chi connectivity index (χ0) is 19.4. The molecule has 1 aromatic carbocycles. The third-order valence-corrected chi connectivity index (χ3v) is 4.07. The Balaban J connectivity index is 2.62. The lowest BCUT2D eigenvalue weighted by Gasteiger charge is -2.14. The van der Waals surface area contributed by atoms with Gasteiger partial charge in [0.05, 0.1) is 24.3 Å². The van der Waals surface area contributed by atoms with Crippen LogP contribution in [0.15, 0.2) is 24.3 Å². The molecule has 0 spiro atoms. The Morgan fingerprint density at radius 1 is 0.846 bits per heavy atom. The number of ether oxygens (including phenoxy) is 2. The minimum absolute atomic E-state index is 0.115. The maximum absolute atomic E-state index is 12.3. The van der Waals surface area contributed by atoms with Gasteiger partial charge < -0.3 is 19.7 Å². The Labute approximate surface area is 155 Å². The number of aliphatic hydroxyl groups excluding tert-OH is 2. The number of aliphatic hydroxyl groups is 2. The van der Waals surface area contributed by atoms with E-state index in [0.717, 1.165) is 12.8 Å². The van der Waals surface area contributed by atoms with Gasteiger partial charge in [0.15, 0.2) is 0 Å². The fraction of sp³-hybridized carbons (Fsp3) is 0.600. The number of carbonyl (C=O) groups excluding carboxylic acids is 2. The van der Waals surface area contributed by atoms with Crippen LogP contribution in [0.1, 0.15) is 60.2 Å². The summed E-state index contributed by atoms with van der Waals surface area (Å²) in [5.41, 5.74) is 0.379. The van der Waals surface area contributed by atoms with Gasteiger partial charge in [-0.1, -0.05) is 26.0 Å². The quantitative estimate of drug-likeness (QED) is 0.553. The molecule has 0 bridgehead atoms. The fourth-order valence-corrected chi connectivity index (χ4v) is 2.48. The first kappa shape index (κ1) is 22.1. The Morgan fingerprint density at radius 2 is 1.23 bits per heavy atom. The number of hydrogen-bond acceptors (Lipinski definition) is 6. The third-order valence-electron chi connectivity index (χ3n) is 4.07. The molecule has 2 atom stereocenters. The van der Waals surface area contributed by atoms with E-state index in [1.54, 1.807) is 24.3 Å². The standard InChI is InChI=1S/C20H30O6/c1-15(7-5-11-21)13-25-19(23)17-9-3-4-10-18(17)20(24)26-14-16(2)8-6-12-22/h3-4,9-10,15-16,21-22H,5-8,11-14H2,1-2H3. The Hall–Kier alpha value is -1.92. The summed E-state index contributed by atoms with van der Waals surface area (Å²) in [7, 11) is 0. The highest BCUT2D eigenvalue weighted by Crippen LogP contribution is 2.15. The third kappa shape index (κ3) is 7.97. The molecule has 1 aromatic rings. The lowest BCUT2D eigenvalue weighted by molar-refractivity contribution is 0.0393. The zero-order valence-electron chi connectivity index (χ0n) is 15.6. The predicted octanol–water partition coefficient (Wildman–Crippen LogP) is 2.82. The van der Waals surface area contributed by atoms with Crippen LogP contribution < -0.4 is 0 Å². The SMILES string of the molecule is CC(CCCO)COC(=O)c1ccccc1C(=O)OCC(C)CCCO. The van der Waals surface area contributed by atoms with Crippen LogP contribution in [0.3, 0.4) is 0 Å². The largest absolute Gasteiger partial charge is 0.462 e. The van der Waals surface area contributed by atoms with E-state index < -0.39 is 11.9 Å². The van der Waals surface area contributed by atoms with Crippen LogP contribution in [-0.4, -0.2) is 48.6 Å². The summed E-state index contributed by atoms with van der Waals surface area (Å²) in [6.07, 6.45) is 2.85. The van der Waals surface area contributed by atoms with E-state index in [1.165, 1.54) is 0 Å². The molecule has 2 unspecified atom stereocenters. The second-order valence-corrected chi connectivity index (χ2v) is 6.68. The maximum Gasteiger partial charge on any atom is 0.339 e. The van der Waals surface area contributed by atoms with Crippen LogP contribution in [0.2, 0.25) is 0 Å². The molecular formula is C20H30O6. The number of carbonyl (C=O) groups is 2. The zero-order valence-corrected chi connectivity index (χ0v) is 15.6. The molecule has 0 aliphatic heterocycles. The summed E-state index contributed by atoms with van der Waals surface area (Å²) in [5, 5.41) is 17.7. The van der Waals surface area contributed by atoms with Crippen molar-refractivity contribution in [2.45, 2.75) is 39.5 Å². The minimum atomic E-state index is -0.554. The van der Waals surface area contributed by atoms with E-state index in [2.05, 4.69) is 0 Å². The van der Waals surface area contributed by atoms with Crippen molar-refractivity contribution >= 4 is 11.9 Å². The number of rotatable bonds is 12. The Morgan fingerprint density at radius 3 is 1.58 bits per heavy atom. The average molecular weight is 366 g/mol. The highest BCUT2D eigenvalue weighted by atomic mass is 16.5. The maximum atomic E-state index is 12.3. The van der Waals surface area contributed by atoms with Crippen LogP contribution in [0.5, 0.6) is 0 Å². The monoisotopic (exact) mass is 366 g/mol. The van der Waals surface area contributed by atoms with Gasteiger partial charge >= 0.3 is 11.9 Å². The molecule has 0 aliphatic carbocycles. The number of benzene rings is 1. The second kappa shape index (κ2) is 12.4. The van der Waals surface area contributed by atoms with Gasteiger partial charge in [-0.05, 0) is 49.7 Å². The summed E-state index contributed by atoms with van der Waals surface area (Å²) in [6, 6.07) is 6.44. The van der Waals surface area contributed by atoms with Crippen molar-refractivity contribution < 1.29 is 29.3 Å². The highest BCUT2D eigenvalue weighted by molar-refractivity contribution is 6.03. The van der Waals surface area contributed by atoms with Crippen LogP contribution in [-0.2, 0) is 9.47 Å². The molecule has 0 amide bonds. The van der Waals surface area contributed by atoms with Gasteiger partial charge in [0.25, 0.3) is 0 Å². The van der Waals surface area contributed by atoms with E-state index in [1.807, 2.05) is 13.8 Å². The van der Waals surface area contributed by atoms with E-state index in [0.29, 0.717) is 12.8 Å². The fourth-order valence-electron chi connectivity index (χ4n) is 2.48. The normalized spacial score (nSPS) is 13.1. The molecule has 2 N–H and O–H groups in total. The lowest BCUT2D eigenvalue weighted by atomic mass is 10.1. The van der Waals surface area contributed by atoms with Crippen molar-refractivity contribution in [2.75, 3.05) is 26.4 Å². The average Bonchev–Trinajstić information content (AvgIpc) is 2.66. The topological polar surface area (TPSA) is 93.1 Å². The molecule has 0 aliphatic rings. The van der Waals surface area contributed by atoms with Crippen molar-refractivity contribution in [3.63, 3.8) is 0 Å². The van der Waals surface area contributed by atoms with Crippen molar-refractivity contribution in [1.82, 2.24) is 0 Å². The smallest absolute Gasteiger partial charge is 0.339 e. The molecule has 0 aromatic heterocycles. The number of esters is 2. The molecule has 0 radical (unpaired) electrons. The van der Waals surface area contributed by atoms with Crippen LogP contribution in [0, 0.1) is 11.8 Å². The molecule has 6 nitrogen and oxygen atoms in total.